The first kappa shape index (κ1) is 14.7. The number of hydrogen-bond acceptors (Lipinski definition) is 2. The zero-order chi connectivity index (χ0) is 14.0. The van der Waals surface area contributed by atoms with Gasteiger partial charge >= 0.3 is 0 Å². The zero-order valence-corrected chi connectivity index (χ0v) is 13.9. The summed E-state index contributed by atoms with van der Waals surface area (Å²) in [5.74, 6) is 2.55. The van der Waals surface area contributed by atoms with E-state index in [2.05, 4.69) is 48.1 Å². The van der Waals surface area contributed by atoms with Gasteiger partial charge in [-0.15, -0.1) is 0 Å². The van der Waals surface area contributed by atoms with Crippen molar-refractivity contribution >= 4 is 21.6 Å². The standard InChI is InChI=1S/C16H24BrNO/c1-10-5-11(2)7-14(6-10)18-16-12(3)8-13(17)9-15(16)19-4/h8-11,14,18H,5-7H2,1-4H3. The summed E-state index contributed by atoms with van der Waals surface area (Å²) in [4.78, 5) is 0. The molecule has 2 unspecified atom stereocenters. The summed E-state index contributed by atoms with van der Waals surface area (Å²) < 4.78 is 6.58. The summed E-state index contributed by atoms with van der Waals surface area (Å²) in [6, 6.07) is 4.73. The van der Waals surface area contributed by atoms with Crippen molar-refractivity contribution < 1.29 is 4.74 Å². The molecule has 1 aliphatic rings. The third-order valence-electron chi connectivity index (χ3n) is 4.01. The van der Waals surface area contributed by atoms with Crippen LogP contribution in [-0.2, 0) is 0 Å². The van der Waals surface area contributed by atoms with Gasteiger partial charge in [0.25, 0.3) is 0 Å². The van der Waals surface area contributed by atoms with Crippen LogP contribution in [0.15, 0.2) is 16.6 Å². The first-order valence-electron chi connectivity index (χ1n) is 7.10. The second-order valence-corrected chi connectivity index (χ2v) is 6.97. The Hall–Kier alpha value is -0.700. The molecule has 2 atom stereocenters. The van der Waals surface area contributed by atoms with E-state index < -0.39 is 0 Å². The SMILES string of the molecule is COc1cc(Br)cc(C)c1NC1CC(C)CC(C)C1. The highest BCUT2D eigenvalue weighted by molar-refractivity contribution is 9.10. The predicted molar refractivity (Wildman–Crippen MR) is 85.0 cm³/mol. The van der Waals surface area contributed by atoms with Crippen LogP contribution in [0.5, 0.6) is 5.75 Å². The van der Waals surface area contributed by atoms with Crippen LogP contribution in [0.3, 0.4) is 0 Å². The van der Waals surface area contributed by atoms with Crippen molar-refractivity contribution in [2.75, 3.05) is 12.4 Å². The van der Waals surface area contributed by atoms with E-state index in [1.165, 1.54) is 24.8 Å². The Kier molecular flexibility index (Phi) is 4.77. The minimum Gasteiger partial charge on any atom is -0.495 e. The van der Waals surface area contributed by atoms with E-state index >= 15 is 0 Å². The van der Waals surface area contributed by atoms with E-state index in [-0.39, 0.29) is 0 Å². The van der Waals surface area contributed by atoms with Gasteiger partial charge in [-0.25, -0.2) is 0 Å². The molecule has 0 heterocycles. The molecule has 1 N–H and O–H groups in total. The maximum absolute atomic E-state index is 5.51. The molecule has 1 saturated carbocycles. The predicted octanol–water partition coefficient (Wildman–Crippen LogP) is 5.00. The van der Waals surface area contributed by atoms with Gasteiger partial charge in [0.2, 0.25) is 0 Å². The minimum absolute atomic E-state index is 0.563. The number of nitrogens with one attached hydrogen (secondary N) is 1. The summed E-state index contributed by atoms with van der Waals surface area (Å²) in [7, 11) is 1.73. The second kappa shape index (κ2) is 6.17. The van der Waals surface area contributed by atoms with Gasteiger partial charge in [0.1, 0.15) is 5.75 Å². The molecule has 1 fully saturated rings. The lowest BCUT2D eigenvalue weighted by Crippen LogP contribution is -2.30. The maximum atomic E-state index is 5.51. The van der Waals surface area contributed by atoms with Crippen molar-refractivity contribution in [1.82, 2.24) is 0 Å². The van der Waals surface area contributed by atoms with Crippen LogP contribution in [0.2, 0.25) is 0 Å². The second-order valence-electron chi connectivity index (χ2n) is 6.06. The lowest BCUT2D eigenvalue weighted by Gasteiger charge is -2.33. The zero-order valence-electron chi connectivity index (χ0n) is 12.3. The number of benzene rings is 1. The van der Waals surface area contributed by atoms with Gasteiger partial charge in [-0.1, -0.05) is 29.8 Å². The van der Waals surface area contributed by atoms with E-state index in [4.69, 9.17) is 4.74 Å². The maximum Gasteiger partial charge on any atom is 0.143 e. The average molecular weight is 326 g/mol. The number of ether oxygens (including phenoxy) is 1. The van der Waals surface area contributed by atoms with Crippen LogP contribution in [0.1, 0.15) is 38.7 Å². The Balaban J connectivity index is 2.18. The Morgan fingerprint density at radius 1 is 1.16 bits per heavy atom. The van der Waals surface area contributed by atoms with E-state index in [0.29, 0.717) is 6.04 Å². The van der Waals surface area contributed by atoms with Crippen molar-refractivity contribution in [2.24, 2.45) is 11.8 Å². The Morgan fingerprint density at radius 3 is 2.37 bits per heavy atom. The molecule has 1 aliphatic carbocycles. The van der Waals surface area contributed by atoms with E-state index in [9.17, 15) is 0 Å². The molecule has 0 saturated heterocycles. The highest BCUT2D eigenvalue weighted by Crippen LogP contribution is 2.36. The summed E-state index contributed by atoms with van der Waals surface area (Å²) in [6.07, 6.45) is 3.86. The van der Waals surface area contributed by atoms with Crippen molar-refractivity contribution in [1.29, 1.82) is 0 Å². The number of halogens is 1. The molecule has 19 heavy (non-hydrogen) atoms. The number of aryl methyl sites for hydroxylation is 1. The molecule has 106 valence electrons. The van der Waals surface area contributed by atoms with Crippen molar-refractivity contribution in [2.45, 2.75) is 46.1 Å². The van der Waals surface area contributed by atoms with Gasteiger partial charge in [-0.3, -0.25) is 0 Å². The summed E-state index contributed by atoms with van der Waals surface area (Å²) in [5.41, 5.74) is 2.38. The van der Waals surface area contributed by atoms with E-state index in [1.54, 1.807) is 7.11 Å². The minimum atomic E-state index is 0.563. The van der Waals surface area contributed by atoms with Crippen LogP contribution in [-0.4, -0.2) is 13.2 Å². The quantitative estimate of drug-likeness (QED) is 0.844. The van der Waals surface area contributed by atoms with Gasteiger partial charge in [-0.05, 0) is 55.7 Å². The van der Waals surface area contributed by atoms with Crippen molar-refractivity contribution in [3.05, 3.63) is 22.2 Å². The third kappa shape index (κ3) is 3.65. The van der Waals surface area contributed by atoms with Gasteiger partial charge in [0.05, 0.1) is 12.8 Å². The highest BCUT2D eigenvalue weighted by Gasteiger charge is 2.24. The molecule has 0 bridgehead atoms. The number of rotatable bonds is 3. The van der Waals surface area contributed by atoms with Crippen LogP contribution >= 0.6 is 15.9 Å². The largest absolute Gasteiger partial charge is 0.495 e. The fraction of sp³-hybridized carbons (Fsp3) is 0.625. The number of methoxy groups -OCH3 is 1. The molecule has 0 spiro atoms. The van der Waals surface area contributed by atoms with Crippen LogP contribution in [0, 0.1) is 18.8 Å². The fourth-order valence-electron chi connectivity index (χ4n) is 3.33. The summed E-state index contributed by atoms with van der Waals surface area (Å²) >= 11 is 3.52. The first-order chi connectivity index (χ1) is 8.99. The highest BCUT2D eigenvalue weighted by atomic mass is 79.9. The van der Waals surface area contributed by atoms with Crippen LogP contribution in [0.25, 0.3) is 0 Å². The average Bonchev–Trinajstić information content (AvgIpc) is 2.31. The van der Waals surface area contributed by atoms with Crippen molar-refractivity contribution in [3.8, 4) is 5.75 Å². The topological polar surface area (TPSA) is 21.3 Å². The molecule has 2 rings (SSSR count). The molecule has 0 aliphatic heterocycles. The van der Waals surface area contributed by atoms with E-state index in [0.717, 1.165) is 27.7 Å². The Labute approximate surface area is 125 Å². The first-order valence-corrected chi connectivity index (χ1v) is 7.89. The van der Waals surface area contributed by atoms with Gasteiger partial charge in [0, 0.05) is 10.5 Å². The molecule has 3 heteroatoms. The van der Waals surface area contributed by atoms with Crippen LogP contribution < -0.4 is 10.1 Å². The molecule has 1 aromatic carbocycles. The smallest absolute Gasteiger partial charge is 0.143 e. The summed E-state index contributed by atoms with van der Waals surface area (Å²) in [6.45, 7) is 6.84. The van der Waals surface area contributed by atoms with Gasteiger partial charge in [-0.2, -0.15) is 0 Å². The molecular weight excluding hydrogens is 302 g/mol. The molecular formula is C16H24BrNO. The fourth-order valence-corrected chi connectivity index (χ4v) is 3.88. The Morgan fingerprint density at radius 2 is 1.79 bits per heavy atom. The molecule has 0 amide bonds. The summed E-state index contributed by atoms with van der Waals surface area (Å²) in [5, 5.41) is 3.71. The van der Waals surface area contributed by atoms with Gasteiger partial charge < -0.3 is 10.1 Å². The third-order valence-corrected chi connectivity index (χ3v) is 4.47. The van der Waals surface area contributed by atoms with E-state index in [1.807, 2.05) is 6.07 Å². The van der Waals surface area contributed by atoms with Crippen LogP contribution in [0.4, 0.5) is 5.69 Å². The normalized spacial score (nSPS) is 27.1. The number of hydrogen-bond donors (Lipinski definition) is 1. The van der Waals surface area contributed by atoms with Crippen molar-refractivity contribution in [3.63, 3.8) is 0 Å². The van der Waals surface area contributed by atoms with Gasteiger partial charge in [0.15, 0.2) is 0 Å². The molecule has 1 aromatic rings. The lowest BCUT2D eigenvalue weighted by atomic mass is 9.80. The monoisotopic (exact) mass is 325 g/mol. The lowest BCUT2D eigenvalue weighted by molar-refractivity contribution is 0.280. The molecule has 0 radical (unpaired) electrons. The molecule has 2 nitrogen and oxygen atoms in total. The number of anilines is 1. The molecule has 0 aromatic heterocycles. The Bertz CT molecular complexity index is 437.